The fourth-order valence-electron chi connectivity index (χ4n) is 2.71. The van der Waals surface area contributed by atoms with E-state index in [4.69, 9.17) is 4.74 Å². The summed E-state index contributed by atoms with van der Waals surface area (Å²) in [7, 11) is -3.35. The van der Waals surface area contributed by atoms with Crippen molar-refractivity contribution in [1.82, 2.24) is 14.9 Å². The predicted molar refractivity (Wildman–Crippen MR) is 120 cm³/mol. The summed E-state index contributed by atoms with van der Waals surface area (Å²) < 4.78 is 32.2. The largest absolute Gasteiger partial charge is 0.379 e. The average Bonchev–Trinajstić information content (AvgIpc) is 2.65. The summed E-state index contributed by atoms with van der Waals surface area (Å²) in [6.45, 7) is 7.95. The summed E-state index contributed by atoms with van der Waals surface area (Å²) in [5.74, 6) is 0.748. The van der Waals surface area contributed by atoms with Gasteiger partial charge in [0.05, 0.1) is 25.5 Å². The number of halogens is 1. The van der Waals surface area contributed by atoms with Crippen LogP contribution in [-0.2, 0) is 27.1 Å². The van der Waals surface area contributed by atoms with Crippen LogP contribution in [0.1, 0.15) is 31.4 Å². The summed E-state index contributed by atoms with van der Waals surface area (Å²) in [4.78, 5) is 4.59. The third kappa shape index (κ3) is 7.92. The number of sulfonamides is 1. The van der Waals surface area contributed by atoms with Gasteiger partial charge in [-0.1, -0.05) is 31.2 Å². The number of benzene rings is 1. The number of aliphatic imine (C=N–C) groups is 1. The molecule has 7 nitrogen and oxygen atoms in total. The Labute approximate surface area is 180 Å². The van der Waals surface area contributed by atoms with Crippen LogP contribution in [0, 0.1) is 0 Å². The van der Waals surface area contributed by atoms with Crippen LogP contribution in [0.4, 0.5) is 0 Å². The fraction of sp³-hybridized carbons (Fsp3) is 0.611. The van der Waals surface area contributed by atoms with Crippen molar-refractivity contribution in [3.8, 4) is 0 Å². The van der Waals surface area contributed by atoms with Crippen LogP contribution in [0.15, 0.2) is 29.3 Å². The SMILES string of the molecule is CCCNC(=NCc1ccccc1CS(=O)(=O)N1CCOCC1)NCC.I. The first-order chi connectivity index (χ1) is 12.6. The zero-order valence-corrected chi connectivity index (χ0v) is 19.3. The molecule has 0 atom stereocenters. The van der Waals surface area contributed by atoms with Crippen molar-refractivity contribution >= 4 is 40.0 Å². The predicted octanol–water partition coefficient (Wildman–Crippen LogP) is 1.93. The zero-order chi connectivity index (χ0) is 18.8. The molecule has 27 heavy (non-hydrogen) atoms. The number of guanidine groups is 1. The van der Waals surface area contributed by atoms with Crippen LogP contribution in [0.2, 0.25) is 0 Å². The fourth-order valence-corrected chi connectivity index (χ4v) is 4.28. The molecule has 2 rings (SSSR count). The second kappa shape index (κ2) is 12.5. The van der Waals surface area contributed by atoms with E-state index in [1.807, 2.05) is 31.2 Å². The van der Waals surface area contributed by atoms with Crippen molar-refractivity contribution in [3.05, 3.63) is 35.4 Å². The first-order valence-electron chi connectivity index (χ1n) is 9.21. The van der Waals surface area contributed by atoms with E-state index in [0.717, 1.165) is 36.6 Å². The molecule has 1 aromatic carbocycles. The number of nitrogens with one attached hydrogen (secondary N) is 2. The lowest BCUT2D eigenvalue weighted by Crippen LogP contribution is -2.41. The van der Waals surface area contributed by atoms with Gasteiger partial charge < -0.3 is 15.4 Å². The Kier molecular flexibility index (Phi) is 11.2. The Morgan fingerprint density at radius 2 is 1.81 bits per heavy atom. The number of hydrogen-bond donors (Lipinski definition) is 2. The van der Waals surface area contributed by atoms with E-state index in [1.54, 1.807) is 0 Å². The van der Waals surface area contributed by atoms with Gasteiger partial charge in [-0.05, 0) is 24.5 Å². The minimum Gasteiger partial charge on any atom is -0.379 e. The van der Waals surface area contributed by atoms with Gasteiger partial charge in [0.15, 0.2) is 5.96 Å². The standard InChI is InChI=1S/C18H30N4O3S.HI/c1-3-9-20-18(19-4-2)21-14-16-7-5-6-8-17(16)15-26(23,24)22-10-12-25-13-11-22;/h5-8H,3-4,9-15H2,1-2H3,(H2,19,20,21);1H. The molecular weight excluding hydrogens is 479 g/mol. The average molecular weight is 510 g/mol. The van der Waals surface area contributed by atoms with E-state index < -0.39 is 10.0 Å². The van der Waals surface area contributed by atoms with E-state index in [9.17, 15) is 8.42 Å². The number of hydrogen-bond acceptors (Lipinski definition) is 4. The van der Waals surface area contributed by atoms with Gasteiger partial charge in [-0.2, -0.15) is 4.31 Å². The van der Waals surface area contributed by atoms with Gasteiger partial charge in [0.2, 0.25) is 10.0 Å². The molecule has 0 aliphatic carbocycles. The normalized spacial score (nSPS) is 15.9. The molecule has 1 fully saturated rings. The summed E-state index contributed by atoms with van der Waals surface area (Å²) in [5, 5.41) is 6.46. The Hall–Kier alpha value is -0.910. The minimum absolute atomic E-state index is 0. The van der Waals surface area contributed by atoms with Gasteiger partial charge >= 0.3 is 0 Å². The van der Waals surface area contributed by atoms with Gasteiger partial charge in [-0.15, -0.1) is 24.0 Å². The lowest BCUT2D eigenvalue weighted by atomic mass is 10.1. The maximum absolute atomic E-state index is 12.7. The molecule has 0 saturated carbocycles. The summed E-state index contributed by atoms with van der Waals surface area (Å²) in [5.41, 5.74) is 1.73. The highest BCUT2D eigenvalue weighted by molar-refractivity contribution is 14.0. The number of nitrogens with zero attached hydrogens (tertiary/aromatic N) is 2. The maximum Gasteiger partial charge on any atom is 0.218 e. The molecule has 0 amide bonds. The maximum atomic E-state index is 12.7. The monoisotopic (exact) mass is 510 g/mol. The molecule has 1 aromatic rings. The van der Waals surface area contributed by atoms with Crippen LogP contribution in [-0.4, -0.2) is 58.1 Å². The minimum atomic E-state index is -3.35. The van der Waals surface area contributed by atoms with Crippen molar-refractivity contribution in [2.45, 2.75) is 32.6 Å². The molecule has 0 spiro atoms. The highest BCUT2D eigenvalue weighted by Crippen LogP contribution is 2.17. The third-order valence-corrected chi connectivity index (χ3v) is 5.94. The lowest BCUT2D eigenvalue weighted by Gasteiger charge is -2.26. The smallest absolute Gasteiger partial charge is 0.218 e. The summed E-state index contributed by atoms with van der Waals surface area (Å²) in [6.07, 6.45) is 1.01. The highest BCUT2D eigenvalue weighted by atomic mass is 127. The molecule has 9 heteroatoms. The van der Waals surface area contributed by atoms with Gasteiger partial charge in [0, 0.05) is 26.2 Å². The van der Waals surface area contributed by atoms with E-state index in [1.165, 1.54) is 4.31 Å². The second-order valence-corrected chi connectivity index (χ2v) is 8.13. The van der Waals surface area contributed by atoms with Gasteiger partial charge in [0.25, 0.3) is 0 Å². The van der Waals surface area contributed by atoms with E-state index in [-0.39, 0.29) is 29.7 Å². The molecule has 1 aliphatic rings. The molecule has 0 radical (unpaired) electrons. The second-order valence-electron chi connectivity index (χ2n) is 6.16. The van der Waals surface area contributed by atoms with Crippen molar-refractivity contribution in [2.24, 2.45) is 4.99 Å². The molecule has 1 saturated heterocycles. The molecule has 0 bridgehead atoms. The highest BCUT2D eigenvalue weighted by Gasteiger charge is 2.25. The third-order valence-electron chi connectivity index (χ3n) is 4.11. The molecule has 154 valence electrons. The number of morpholine rings is 1. The molecule has 2 N–H and O–H groups in total. The van der Waals surface area contributed by atoms with Gasteiger partial charge in [-0.3, -0.25) is 0 Å². The van der Waals surface area contributed by atoms with E-state index in [2.05, 4.69) is 22.5 Å². The Balaban J connectivity index is 0.00000364. The first-order valence-corrected chi connectivity index (χ1v) is 10.8. The first kappa shape index (κ1) is 24.1. The van der Waals surface area contributed by atoms with Crippen LogP contribution in [0.3, 0.4) is 0 Å². The number of rotatable bonds is 8. The quantitative estimate of drug-likeness (QED) is 0.318. The molecular formula is C18H31IN4O3S. The van der Waals surface area contributed by atoms with Crippen molar-refractivity contribution in [1.29, 1.82) is 0 Å². The van der Waals surface area contributed by atoms with Crippen LogP contribution in [0.5, 0.6) is 0 Å². The molecule has 0 unspecified atom stereocenters. The lowest BCUT2D eigenvalue weighted by molar-refractivity contribution is 0.0729. The van der Waals surface area contributed by atoms with Crippen molar-refractivity contribution in [3.63, 3.8) is 0 Å². The van der Waals surface area contributed by atoms with Gasteiger partial charge in [-0.25, -0.2) is 13.4 Å². The number of ether oxygens (including phenoxy) is 1. The Bertz CT molecular complexity index is 692. The van der Waals surface area contributed by atoms with Crippen molar-refractivity contribution < 1.29 is 13.2 Å². The summed E-state index contributed by atoms with van der Waals surface area (Å²) >= 11 is 0. The zero-order valence-electron chi connectivity index (χ0n) is 16.1. The van der Waals surface area contributed by atoms with Crippen LogP contribution >= 0.6 is 24.0 Å². The van der Waals surface area contributed by atoms with Gasteiger partial charge in [0.1, 0.15) is 0 Å². The molecule has 1 heterocycles. The summed E-state index contributed by atoms with van der Waals surface area (Å²) in [6, 6.07) is 7.60. The topological polar surface area (TPSA) is 83.0 Å². The Morgan fingerprint density at radius 3 is 2.44 bits per heavy atom. The Morgan fingerprint density at radius 1 is 1.15 bits per heavy atom. The van der Waals surface area contributed by atoms with Crippen LogP contribution < -0.4 is 10.6 Å². The molecule has 0 aromatic heterocycles. The molecule has 1 aliphatic heterocycles. The van der Waals surface area contributed by atoms with Crippen molar-refractivity contribution in [2.75, 3.05) is 39.4 Å². The van der Waals surface area contributed by atoms with E-state index in [0.29, 0.717) is 32.8 Å². The van der Waals surface area contributed by atoms with Crippen LogP contribution in [0.25, 0.3) is 0 Å². The van der Waals surface area contributed by atoms with E-state index >= 15 is 0 Å².